The summed E-state index contributed by atoms with van der Waals surface area (Å²) in [6.07, 6.45) is -0.445. The highest BCUT2D eigenvalue weighted by molar-refractivity contribution is 6.23. The van der Waals surface area contributed by atoms with Crippen molar-refractivity contribution < 1.29 is 33.4 Å². The summed E-state index contributed by atoms with van der Waals surface area (Å²) >= 11 is 0. The molecule has 0 aliphatic carbocycles. The van der Waals surface area contributed by atoms with E-state index in [1.54, 1.807) is 42.5 Å². The van der Waals surface area contributed by atoms with E-state index in [2.05, 4.69) is 14.8 Å². The molecule has 9 nitrogen and oxygen atoms in total. The number of rotatable bonds is 8. The quantitative estimate of drug-likeness (QED) is 0.484. The number of benzene rings is 2. The standard InChI is InChI=1S/C23H22N2O7/c1-31-19(26)13-17(23(30)32-2)24-20(27)18(12-14-8-4-3-5-9-14)25-21(28)15-10-6-7-11-16(15)22(25)29/h3-11,17-18H,12-13H2,1-2H3,(H,24,27)/t17-,18-/m1/s1. The third kappa shape index (κ3) is 4.66. The van der Waals surface area contributed by atoms with Crippen LogP contribution in [-0.2, 0) is 30.3 Å². The van der Waals surface area contributed by atoms with Crippen molar-refractivity contribution in [1.82, 2.24) is 10.2 Å². The van der Waals surface area contributed by atoms with Crippen molar-refractivity contribution >= 4 is 29.7 Å². The van der Waals surface area contributed by atoms with Crippen LogP contribution in [0.25, 0.3) is 0 Å². The maximum atomic E-state index is 13.3. The van der Waals surface area contributed by atoms with Crippen LogP contribution in [0.4, 0.5) is 0 Å². The molecule has 2 atom stereocenters. The molecular formula is C23H22N2O7. The summed E-state index contributed by atoms with van der Waals surface area (Å²) in [6.45, 7) is 0. The highest BCUT2D eigenvalue weighted by Crippen LogP contribution is 2.26. The Kier molecular flexibility index (Phi) is 6.99. The van der Waals surface area contributed by atoms with Crippen LogP contribution in [-0.4, -0.2) is 60.9 Å². The van der Waals surface area contributed by atoms with Crippen LogP contribution in [0, 0.1) is 0 Å². The van der Waals surface area contributed by atoms with Gasteiger partial charge in [-0.05, 0) is 17.7 Å². The zero-order valence-corrected chi connectivity index (χ0v) is 17.6. The van der Waals surface area contributed by atoms with Crippen LogP contribution in [0.2, 0.25) is 0 Å². The van der Waals surface area contributed by atoms with Crippen molar-refractivity contribution in [2.75, 3.05) is 14.2 Å². The smallest absolute Gasteiger partial charge is 0.328 e. The van der Waals surface area contributed by atoms with E-state index in [0.717, 1.165) is 19.1 Å². The summed E-state index contributed by atoms with van der Waals surface area (Å²) in [4.78, 5) is 64.0. The summed E-state index contributed by atoms with van der Waals surface area (Å²) in [5, 5.41) is 2.44. The molecule has 166 valence electrons. The van der Waals surface area contributed by atoms with Gasteiger partial charge in [-0.2, -0.15) is 0 Å². The van der Waals surface area contributed by atoms with Gasteiger partial charge >= 0.3 is 11.9 Å². The molecule has 9 heteroatoms. The minimum Gasteiger partial charge on any atom is -0.469 e. The van der Waals surface area contributed by atoms with Crippen molar-refractivity contribution in [2.45, 2.75) is 24.9 Å². The fourth-order valence-corrected chi connectivity index (χ4v) is 3.48. The molecule has 0 bridgehead atoms. The molecule has 0 unspecified atom stereocenters. The van der Waals surface area contributed by atoms with Gasteiger partial charge in [0.2, 0.25) is 5.91 Å². The summed E-state index contributed by atoms with van der Waals surface area (Å²) < 4.78 is 9.24. The molecule has 0 radical (unpaired) electrons. The predicted molar refractivity (Wildman–Crippen MR) is 111 cm³/mol. The predicted octanol–water partition coefficient (Wildman–Crippen LogP) is 1.11. The van der Waals surface area contributed by atoms with Gasteiger partial charge in [0.15, 0.2) is 0 Å². The second-order valence-electron chi connectivity index (χ2n) is 7.10. The van der Waals surface area contributed by atoms with E-state index < -0.39 is 48.2 Å². The van der Waals surface area contributed by atoms with Gasteiger partial charge in [0.05, 0.1) is 31.8 Å². The van der Waals surface area contributed by atoms with Crippen LogP contribution in [0.5, 0.6) is 0 Å². The second kappa shape index (κ2) is 9.86. The number of hydrogen-bond donors (Lipinski definition) is 1. The summed E-state index contributed by atoms with van der Waals surface area (Å²) in [5.41, 5.74) is 1.09. The van der Waals surface area contributed by atoms with E-state index in [4.69, 9.17) is 0 Å². The SMILES string of the molecule is COC(=O)C[C@@H](NC(=O)[C@@H](Cc1ccccc1)N1C(=O)c2ccccc2C1=O)C(=O)OC. The molecule has 0 saturated carbocycles. The first-order valence-electron chi connectivity index (χ1n) is 9.83. The van der Waals surface area contributed by atoms with Crippen LogP contribution in [0.15, 0.2) is 54.6 Å². The van der Waals surface area contributed by atoms with E-state index in [1.165, 1.54) is 12.1 Å². The third-order valence-corrected chi connectivity index (χ3v) is 5.11. The Hall–Kier alpha value is -4.01. The molecule has 0 spiro atoms. The van der Waals surface area contributed by atoms with Gasteiger partial charge in [0.25, 0.3) is 11.8 Å². The molecule has 1 aliphatic rings. The Morgan fingerprint density at radius 2 is 1.44 bits per heavy atom. The lowest BCUT2D eigenvalue weighted by Crippen LogP contribution is -2.54. The van der Waals surface area contributed by atoms with Crippen molar-refractivity contribution in [2.24, 2.45) is 0 Å². The molecule has 0 fully saturated rings. The molecule has 3 rings (SSSR count). The average molecular weight is 438 g/mol. The molecule has 3 amide bonds. The van der Waals surface area contributed by atoms with Crippen molar-refractivity contribution in [3.63, 3.8) is 0 Å². The van der Waals surface area contributed by atoms with Gasteiger partial charge in [-0.1, -0.05) is 42.5 Å². The molecule has 1 N–H and O–H groups in total. The van der Waals surface area contributed by atoms with Gasteiger partial charge in [-0.3, -0.25) is 24.1 Å². The fraction of sp³-hybridized carbons (Fsp3) is 0.261. The van der Waals surface area contributed by atoms with Crippen molar-refractivity contribution in [3.05, 3.63) is 71.3 Å². The van der Waals surface area contributed by atoms with Crippen LogP contribution < -0.4 is 5.32 Å². The lowest BCUT2D eigenvalue weighted by molar-refractivity contribution is -0.151. The summed E-state index contributed by atoms with van der Waals surface area (Å²) in [7, 11) is 2.26. The molecule has 2 aromatic rings. The number of carbonyl (C=O) groups excluding carboxylic acids is 5. The molecule has 2 aromatic carbocycles. The number of nitrogens with zero attached hydrogens (tertiary/aromatic N) is 1. The van der Waals surface area contributed by atoms with E-state index in [-0.39, 0.29) is 17.5 Å². The van der Waals surface area contributed by atoms with E-state index in [9.17, 15) is 24.0 Å². The second-order valence-corrected chi connectivity index (χ2v) is 7.10. The number of esters is 2. The molecular weight excluding hydrogens is 416 g/mol. The van der Waals surface area contributed by atoms with Crippen LogP contribution in [0.1, 0.15) is 32.7 Å². The van der Waals surface area contributed by atoms with Crippen LogP contribution in [0.3, 0.4) is 0 Å². The normalized spacial score (nSPS) is 14.4. The van der Waals surface area contributed by atoms with E-state index >= 15 is 0 Å². The number of methoxy groups -OCH3 is 2. The number of nitrogens with one attached hydrogen (secondary N) is 1. The van der Waals surface area contributed by atoms with Crippen LogP contribution >= 0.6 is 0 Å². The molecule has 32 heavy (non-hydrogen) atoms. The number of imide groups is 1. The molecule has 0 aromatic heterocycles. The first-order chi connectivity index (χ1) is 15.4. The Labute approximate surface area is 184 Å². The Morgan fingerprint density at radius 3 is 1.97 bits per heavy atom. The number of hydrogen-bond acceptors (Lipinski definition) is 7. The number of amides is 3. The lowest BCUT2D eigenvalue weighted by Gasteiger charge is -2.27. The highest BCUT2D eigenvalue weighted by Gasteiger charge is 2.43. The van der Waals surface area contributed by atoms with Gasteiger partial charge in [0, 0.05) is 6.42 Å². The zero-order chi connectivity index (χ0) is 23.3. The maximum absolute atomic E-state index is 13.3. The monoisotopic (exact) mass is 438 g/mol. The Balaban J connectivity index is 1.93. The van der Waals surface area contributed by atoms with Crippen molar-refractivity contribution in [1.29, 1.82) is 0 Å². The van der Waals surface area contributed by atoms with Crippen molar-refractivity contribution in [3.8, 4) is 0 Å². The van der Waals surface area contributed by atoms with Gasteiger partial charge in [0.1, 0.15) is 12.1 Å². The number of fused-ring (bicyclic) bond motifs is 1. The number of ether oxygens (including phenoxy) is 2. The minimum atomic E-state index is -1.34. The largest absolute Gasteiger partial charge is 0.469 e. The van der Waals surface area contributed by atoms with Gasteiger partial charge < -0.3 is 14.8 Å². The Bertz CT molecular complexity index is 1020. The maximum Gasteiger partial charge on any atom is 0.328 e. The average Bonchev–Trinajstić information content (AvgIpc) is 3.07. The first-order valence-corrected chi connectivity index (χ1v) is 9.83. The molecule has 1 aliphatic heterocycles. The van der Waals surface area contributed by atoms with Gasteiger partial charge in [-0.25, -0.2) is 4.79 Å². The Morgan fingerprint density at radius 1 is 0.875 bits per heavy atom. The minimum absolute atomic E-state index is 0.0181. The summed E-state index contributed by atoms with van der Waals surface area (Å²) in [5.74, 6) is -3.58. The first kappa shape index (κ1) is 22.7. The topological polar surface area (TPSA) is 119 Å². The fourth-order valence-electron chi connectivity index (χ4n) is 3.48. The molecule has 1 heterocycles. The summed E-state index contributed by atoms with van der Waals surface area (Å²) in [6, 6.07) is 12.5. The van der Waals surface area contributed by atoms with E-state index in [0.29, 0.717) is 5.56 Å². The third-order valence-electron chi connectivity index (χ3n) is 5.11. The zero-order valence-electron chi connectivity index (χ0n) is 17.6. The van der Waals surface area contributed by atoms with E-state index in [1.807, 2.05) is 0 Å². The highest BCUT2D eigenvalue weighted by atomic mass is 16.5. The van der Waals surface area contributed by atoms with Gasteiger partial charge in [-0.15, -0.1) is 0 Å². The number of carbonyl (C=O) groups is 5. The lowest BCUT2D eigenvalue weighted by atomic mass is 10.0. The molecule has 0 saturated heterocycles.